The quantitative estimate of drug-likeness (QED) is 0.485. The molecule has 2 bridgehead atoms. The van der Waals surface area contributed by atoms with Crippen molar-refractivity contribution in [1.82, 2.24) is 19.8 Å². The molecule has 12 heteroatoms. The monoisotopic (exact) mass is 577 g/mol. The van der Waals surface area contributed by atoms with Crippen LogP contribution in [0.4, 0.5) is 19.3 Å². The van der Waals surface area contributed by atoms with E-state index in [1.807, 2.05) is 31.7 Å². The number of carbonyl (C=O) groups is 1. The van der Waals surface area contributed by atoms with Crippen LogP contribution in [-0.4, -0.2) is 94.1 Å². The molecule has 0 spiro atoms. The number of alkyl halides is 1. The zero-order valence-electron chi connectivity index (χ0n) is 23.0. The number of pyridine rings is 2. The van der Waals surface area contributed by atoms with Gasteiger partial charge >= 0.3 is 6.09 Å². The molecule has 2 aromatic rings. The molecule has 5 aliphatic heterocycles. The number of ether oxygens (including phenoxy) is 3. The average Bonchev–Trinajstić information content (AvgIpc) is 3.48. The van der Waals surface area contributed by atoms with Crippen molar-refractivity contribution in [1.29, 1.82) is 0 Å². The highest BCUT2D eigenvalue weighted by Gasteiger charge is 2.52. The van der Waals surface area contributed by atoms with Crippen LogP contribution < -0.4 is 14.4 Å². The topological polar surface area (TPSA) is 80.3 Å². The summed E-state index contributed by atoms with van der Waals surface area (Å²) in [6.45, 7) is 7.88. The summed E-state index contributed by atoms with van der Waals surface area (Å²) >= 11 is 6.19. The summed E-state index contributed by atoms with van der Waals surface area (Å²) in [6.07, 6.45) is 2.69. The van der Waals surface area contributed by atoms with Crippen molar-refractivity contribution in [2.45, 2.75) is 88.3 Å². The van der Waals surface area contributed by atoms with Gasteiger partial charge in [-0.3, -0.25) is 9.80 Å². The molecule has 0 radical (unpaired) electrons. The Morgan fingerprint density at radius 1 is 1.25 bits per heavy atom. The number of anilines is 1. The standard InChI is InChI=1S/C28H34ClF2N5O4/c1-27(2,3)40-26(37)36-16-5-6-17(36)19-13-38-25-21-18(35(19)12-16)9-20(32-23(21)22(31)24(29)33-25)39-14-28-7-4-8-34(28)11-15(30)10-28/h9,15-17,19H,4-8,10-14H2,1-3H3/t15-,16-,17+,19-,28+/m1/s1. The molecule has 5 atom stereocenters. The molecule has 0 unspecified atom stereocenters. The molecule has 0 N–H and O–H groups in total. The van der Waals surface area contributed by atoms with Crippen LogP contribution in [0, 0.1) is 5.82 Å². The second kappa shape index (κ2) is 9.17. The lowest BCUT2D eigenvalue weighted by atomic mass is 9.95. The van der Waals surface area contributed by atoms with Gasteiger partial charge in [0.1, 0.15) is 30.5 Å². The number of fused-ring (bicyclic) bond motifs is 6. The van der Waals surface area contributed by atoms with E-state index in [1.54, 1.807) is 0 Å². The van der Waals surface area contributed by atoms with Gasteiger partial charge in [-0.05, 0) is 53.0 Å². The van der Waals surface area contributed by atoms with E-state index in [2.05, 4.69) is 19.8 Å². The predicted octanol–water partition coefficient (Wildman–Crippen LogP) is 4.73. The van der Waals surface area contributed by atoms with E-state index in [9.17, 15) is 9.18 Å². The molecule has 1 amide bonds. The molecule has 40 heavy (non-hydrogen) atoms. The third kappa shape index (κ3) is 4.14. The van der Waals surface area contributed by atoms with Crippen LogP contribution in [0.25, 0.3) is 10.9 Å². The van der Waals surface area contributed by atoms with Gasteiger partial charge in [0.15, 0.2) is 11.0 Å². The highest BCUT2D eigenvalue weighted by Crippen LogP contribution is 2.46. The fourth-order valence-electron chi connectivity index (χ4n) is 7.51. The van der Waals surface area contributed by atoms with Gasteiger partial charge in [0.2, 0.25) is 11.8 Å². The summed E-state index contributed by atoms with van der Waals surface area (Å²) in [5, 5.41) is 0.110. The van der Waals surface area contributed by atoms with Gasteiger partial charge in [-0.25, -0.2) is 18.6 Å². The maximum Gasteiger partial charge on any atom is 0.410 e. The summed E-state index contributed by atoms with van der Waals surface area (Å²) < 4.78 is 47.9. The Labute approximate surface area is 236 Å². The first-order valence-electron chi connectivity index (χ1n) is 14.2. The molecule has 4 saturated heterocycles. The highest BCUT2D eigenvalue weighted by molar-refractivity contribution is 6.30. The minimum atomic E-state index is -0.877. The van der Waals surface area contributed by atoms with Crippen LogP contribution in [0.1, 0.15) is 52.9 Å². The van der Waals surface area contributed by atoms with E-state index < -0.39 is 17.6 Å². The van der Waals surface area contributed by atoms with Crippen molar-refractivity contribution in [2.24, 2.45) is 0 Å². The second-order valence-electron chi connectivity index (χ2n) is 12.8. The molecule has 0 aliphatic carbocycles. The van der Waals surface area contributed by atoms with Crippen molar-refractivity contribution < 1.29 is 27.8 Å². The lowest BCUT2D eigenvalue weighted by Crippen LogP contribution is -2.63. The largest absolute Gasteiger partial charge is 0.476 e. The summed E-state index contributed by atoms with van der Waals surface area (Å²) in [5.41, 5.74) is -0.257. The third-order valence-corrected chi connectivity index (χ3v) is 9.38. The number of halogens is 3. The van der Waals surface area contributed by atoms with Crippen molar-refractivity contribution in [3.05, 3.63) is 17.0 Å². The normalized spacial score (nSPS) is 31.1. The zero-order chi connectivity index (χ0) is 28.0. The maximum absolute atomic E-state index is 15.4. The Kier molecular flexibility index (Phi) is 6.02. The van der Waals surface area contributed by atoms with Gasteiger partial charge in [-0.2, -0.15) is 4.98 Å². The van der Waals surface area contributed by atoms with Crippen molar-refractivity contribution in [2.75, 3.05) is 37.7 Å². The zero-order valence-corrected chi connectivity index (χ0v) is 23.7. The fourth-order valence-corrected chi connectivity index (χ4v) is 7.68. The fraction of sp³-hybridized carbons (Fsp3) is 0.679. The van der Waals surface area contributed by atoms with Crippen LogP contribution in [0.2, 0.25) is 5.15 Å². The van der Waals surface area contributed by atoms with Crippen molar-refractivity contribution >= 4 is 34.3 Å². The van der Waals surface area contributed by atoms with Gasteiger partial charge in [0.25, 0.3) is 0 Å². The molecule has 0 saturated carbocycles. The Morgan fingerprint density at radius 2 is 2.08 bits per heavy atom. The average molecular weight is 578 g/mol. The molecule has 7 rings (SSSR count). The predicted molar refractivity (Wildman–Crippen MR) is 145 cm³/mol. The Hall–Kier alpha value is -2.66. The molecule has 9 nitrogen and oxygen atoms in total. The number of hydrogen-bond donors (Lipinski definition) is 0. The van der Waals surface area contributed by atoms with Gasteiger partial charge in [-0.1, -0.05) is 11.6 Å². The van der Waals surface area contributed by atoms with E-state index in [4.69, 9.17) is 25.8 Å². The maximum atomic E-state index is 15.4. The van der Waals surface area contributed by atoms with E-state index >= 15 is 4.39 Å². The molecule has 5 aliphatic rings. The van der Waals surface area contributed by atoms with Crippen LogP contribution in [0.5, 0.6) is 11.8 Å². The number of hydrogen-bond acceptors (Lipinski definition) is 8. The van der Waals surface area contributed by atoms with Gasteiger partial charge < -0.3 is 19.1 Å². The SMILES string of the molecule is CC(C)(C)OC(=O)N1[C@@H]2CC[C@H]1[C@H]1COc3nc(Cl)c(F)c4nc(OC[C@@]56CCCN5C[C@H](F)C6)cc(c34)N1C2. The number of piperazine rings is 1. The van der Waals surface area contributed by atoms with E-state index in [-0.39, 0.29) is 65.4 Å². The molecular weight excluding hydrogens is 544 g/mol. The summed E-state index contributed by atoms with van der Waals surface area (Å²) in [6, 6.07) is 1.37. The van der Waals surface area contributed by atoms with Gasteiger partial charge in [0.05, 0.1) is 34.7 Å². The Balaban J connectivity index is 1.26. The smallest absolute Gasteiger partial charge is 0.410 e. The molecule has 216 valence electrons. The minimum absolute atomic E-state index is 0.0284. The lowest BCUT2D eigenvalue weighted by Gasteiger charge is -2.47. The first kappa shape index (κ1) is 26.3. The van der Waals surface area contributed by atoms with Crippen LogP contribution in [0.3, 0.4) is 0 Å². The van der Waals surface area contributed by atoms with Gasteiger partial charge in [0, 0.05) is 25.6 Å². The summed E-state index contributed by atoms with van der Waals surface area (Å²) in [5.74, 6) is -0.281. The number of aromatic nitrogens is 2. The lowest BCUT2D eigenvalue weighted by molar-refractivity contribution is 0.00546. The second-order valence-corrected chi connectivity index (χ2v) is 13.2. The number of nitrogens with zero attached hydrogens (tertiary/aromatic N) is 5. The first-order chi connectivity index (χ1) is 19.0. The summed E-state index contributed by atoms with van der Waals surface area (Å²) in [7, 11) is 0. The molecular formula is C28H34ClF2N5O4. The number of amides is 1. The molecule has 2 aromatic heterocycles. The van der Waals surface area contributed by atoms with E-state index in [1.165, 1.54) is 0 Å². The highest BCUT2D eigenvalue weighted by atomic mass is 35.5. The van der Waals surface area contributed by atoms with E-state index in [0.29, 0.717) is 30.6 Å². The van der Waals surface area contributed by atoms with E-state index in [0.717, 1.165) is 32.2 Å². The number of rotatable bonds is 3. The van der Waals surface area contributed by atoms with Crippen molar-refractivity contribution in [3.8, 4) is 11.8 Å². The van der Waals surface area contributed by atoms with Crippen LogP contribution in [-0.2, 0) is 4.74 Å². The Bertz CT molecular complexity index is 1370. The molecule has 7 heterocycles. The Morgan fingerprint density at radius 3 is 2.88 bits per heavy atom. The van der Waals surface area contributed by atoms with Crippen LogP contribution >= 0.6 is 11.6 Å². The summed E-state index contributed by atoms with van der Waals surface area (Å²) in [4.78, 5) is 28.1. The molecule has 0 aromatic carbocycles. The van der Waals surface area contributed by atoms with Gasteiger partial charge in [-0.15, -0.1) is 0 Å². The number of carbonyl (C=O) groups excluding carboxylic acids is 1. The van der Waals surface area contributed by atoms with Crippen LogP contribution in [0.15, 0.2) is 6.07 Å². The van der Waals surface area contributed by atoms with Crippen molar-refractivity contribution in [3.63, 3.8) is 0 Å². The third-order valence-electron chi connectivity index (χ3n) is 9.13. The first-order valence-corrected chi connectivity index (χ1v) is 14.5. The molecule has 4 fully saturated rings. The minimum Gasteiger partial charge on any atom is -0.476 e.